The highest BCUT2D eigenvalue weighted by atomic mass is 16.3. The predicted octanol–water partition coefficient (Wildman–Crippen LogP) is 1.43. The number of aromatic nitrogens is 1. The Balaban J connectivity index is 1.52. The lowest BCUT2D eigenvalue weighted by Gasteiger charge is -2.34. The summed E-state index contributed by atoms with van der Waals surface area (Å²) in [7, 11) is 0. The predicted molar refractivity (Wildman–Crippen MR) is 96.0 cm³/mol. The van der Waals surface area contributed by atoms with E-state index >= 15 is 0 Å². The van der Waals surface area contributed by atoms with Crippen LogP contribution in [0, 0.1) is 13.8 Å². The van der Waals surface area contributed by atoms with Crippen LogP contribution >= 0.6 is 0 Å². The van der Waals surface area contributed by atoms with Crippen LogP contribution in [0.15, 0.2) is 39.7 Å². The Kier molecular flexibility index (Phi) is 5.25. The highest BCUT2D eigenvalue weighted by Gasteiger charge is 2.26. The number of hydrogen-bond donors (Lipinski definition) is 0. The summed E-state index contributed by atoms with van der Waals surface area (Å²) in [5.74, 6) is 1.29. The van der Waals surface area contributed by atoms with E-state index in [9.17, 15) is 14.4 Å². The van der Waals surface area contributed by atoms with E-state index in [0.717, 1.165) is 5.76 Å². The number of piperazine rings is 1. The summed E-state index contributed by atoms with van der Waals surface area (Å²) >= 11 is 0. The normalized spacial score (nSPS) is 14.5. The standard InChI is InChI=1S/C19H23N3O4/c1-14-13-16(15(2)26-14)19(25)22-11-9-21(10-12-22)18(24)6-8-20-7-4-3-5-17(20)23/h3-5,7,13H,6,8-12H2,1-2H3. The molecule has 0 spiro atoms. The van der Waals surface area contributed by atoms with E-state index in [-0.39, 0.29) is 23.8 Å². The summed E-state index contributed by atoms with van der Waals surface area (Å²) in [6.07, 6.45) is 1.96. The first-order valence-corrected chi connectivity index (χ1v) is 8.75. The molecule has 2 aromatic heterocycles. The van der Waals surface area contributed by atoms with Gasteiger partial charge in [0.1, 0.15) is 11.5 Å². The molecule has 7 heteroatoms. The number of nitrogens with zero attached hydrogens (tertiary/aromatic N) is 3. The zero-order chi connectivity index (χ0) is 18.7. The molecule has 26 heavy (non-hydrogen) atoms. The first-order valence-electron chi connectivity index (χ1n) is 8.75. The van der Waals surface area contributed by atoms with Gasteiger partial charge in [-0.3, -0.25) is 14.4 Å². The number of furan rings is 1. The maximum absolute atomic E-state index is 12.6. The topological polar surface area (TPSA) is 75.8 Å². The van der Waals surface area contributed by atoms with E-state index in [2.05, 4.69) is 0 Å². The molecule has 3 heterocycles. The van der Waals surface area contributed by atoms with E-state index in [1.807, 2.05) is 6.92 Å². The first kappa shape index (κ1) is 18.0. The van der Waals surface area contributed by atoms with Crippen molar-refractivity contribution in [2.24, 2.45) is 0 Å². The van der Waals surface area contributed by atoms with E-state index < -0.39 is 0 Å². The molecule has 0 radical (unpaired) electrons. The fourth-order valence-corrected chi connectivity index (χ4v) is 3.19. The minimum absolute atomic E-state index is 0.00295. The molecule has 0 aromatic carbocycles. The van der Waals surface area contributed by atoms with Crippen molar-refractivity contribution in [2.45, 2.75) is 26.8 Å². The van der Waals surface area contributed by atoms with Gasteiger partial charge in [0.15, 0.2) is 0 Å². The molecule has 0 unspecified atom stereocenters. The highest BCUT2D eigenvalue weighted by molar-refractivity contribution is 5.95. The molecule has 2 aromatic rings. The van der Waals surface area contributed by atoms with E-state index in [1.165, 1.54) is 10.6 Å². The third-order valence-corrected chi connectivity index (χ3v) is 4.66. The molecule has 1 aliphatic heterocycles. The Morgan fingerprint density at radius 2 is 1.77 bits per heavy atom. The van der Waals surface area contributed by atoms with Crippen molar-refractivity contribution in [2.75, 3.05) is 26.2 Å². The van der Waals surface area contributed by atoms with Gasteiger partial charge >= 0.3 is 0 Å². The Bertz CT molecular complexity index is 860. The lowest BCUT2D eigenvalue weighted by atomic mass is 10.2. The number of amides is 2. The van der Waals surface area contributed by atoms with Crippen molar-refractivity contribution in [3.63, 3.8) is 0 Å². The van der Waals surface area contributed by atoms with Crippen molar-refractivity contribution < 1.29 is 14.0 Å². The minimum atomic E-state index is -0.110. The first-order chi connectivity index (χ1) is 12.5. The molecule has 2 amide bonds. The van der Waals surface area contributed by atoms with Gasteiger partial charge in [-0.2, -0.15) is 0 Å². The highest BCUT2D eigenvalue weighted by Crippen LogP contribution is 2.17. The van der Waals surface area contributed by atoms with Crippen molar-refractivity contribution in [3.8, 4) is 0 Å². The van der Waals surface area contributed by atoms with Crippen LogP contribution in [0.25, 0.3) is 0 Å². The van der Waals surface area contributed by atoms with Gasteiger partial charge < -0.3 is 18.8 Å². The van der Waals surface area contributed by atoms with Crippen LogP contribution in [0.2, 0.25) is 0 Å². The molecular formula is C19H23N3O4. The number of pyridine rings is 1. The third-order valence-electron chi connectivity index (χ3n) is 4.66. The van der Waals surface area contributed by atoms with Gasteiger partial charge in [-0.25, -0.2) is 0 Å². The molecule has 1 aliphatic rings. The largest absolute Gasteiger partial charge is 0.466 e. The molecule has 1 fully saturated rings. The van der Waals surface area contributed by atoms with Crippen LogP contribution in [0.5, 0.6) is 0 Å². The molecular weight excluding hydrogens is 334 g/mol. The molecule has 138 valence electrons. The smallest absolute Gasteiger partial charge is 0.257 e. The zero-order valence-corrected chi connectivity index (χ0v) is 15.1. The molecule has 0 atom stereocenters. The number of carbonyl (C=O) groups is 2. The van der Waals surface area contributed by atoms with Gasteiger partial charge in [-0.05, 0) is 26.0 Å². The van der Waals surface area contributed by atoms with Crippen LogP contribution < -0.4 is 5.56 Å². The summed E-state index contributed by atoms with van der Waals surface area (Å²) in [5, 5.41) is 0. The zero-order valence-electron chi connectivity index (χ0n) is 15.1. The van der Waals surface area contributed by atoms with Crippen LogP contribution in [-0.2, 0) is 11.3 Å². The van der Waals surface area contributed by atoms with Crippen molar-refractivity contribution >= 4 is 11.8 Å². The lowest BCUT2D eigenvalue weighted by molar-refractivity contribution is -0.132. The quantitative estimate of drug-likeness (QED) is 0.830. The van der Waals surface area contributed by atoms with Gasteiger partial charge in [-0.1, -0.05) is 6.07 Å². The van der Waals surface area contributed by atoms with Gasteiger partial charge in [0.25, 0.3) is 11.5 Å². The molecule has 0 N–H and O–H groups in total. The Labute approximate surface area is 151 Å². The van der Waals surface area contributed by atoms with Crippen LogP contribution in [-0.4, -0.2) is 52.4 Å². The summed E-state index contributed by atoms with van der Waals surface area (Å²) in [6, 6.07) is 6.69. The van der Waals surface area contributed by atoms with Crippen LogP contribution in [0.3, 0.4) is 0 Å². The van der Waals surface area contributed by atoms with E-state index in [0.29, 0.717) is 44.0 Å². The number of hydrogen-bond acceptors (Lipinski definition) is 4. The Hall–Kier alpha value is -2.83. The molecule has 0 bridgehead atoms. The second-order valence-electron chi connectivity index (χ2n) is 6.48. The lowest BCUT2D eigenvalue weighted by Crippen LogP contribution is -2.50. The summed E-state index contributed by atoms with van der Waals surface area (Å²) in [4.78, 5) is 40.1. The summed E-state index contributed by atoms with van der Waals surface area (Å²) in [6.45, 7) is 5.97. The average Bonchev–Trinajstić information content (AvgIpc) is 2.98. The molecule has 0 saturated carbocycles. The van der Waals surface area contributed by atoms with E-state index in [4.69, 9.17) is 4.42 Å². The molecule has 1 saturated heterocycles. The van der Waals surface area contributed by atoms with Crippen LogP contribution in [0.4, 0.5) is 0 Å². The van der Waals surface area contributed by atoms with Gasteiger partial charge in [0.2, 0.25) is 5.91 Å². The fourth-order valence-electron chi connectivity index (χ4n) is 3.19. The molecule has 7 nitrogen and oxygen atoms in total. The SMILES string of the molecule is Cc1cc(C(=O)N2CCN(C(=O)CCn3ccccc3=O)CC2)c(C)o1. The maximum Gasteiger partial charge on any atom is 0.257 e. The van der Waals surface area contributed by atoms with Crippen LogP contribution in [0.1, 0.15) is 28.3 Å². The average molecular weight is 357 g/mol. The van der Waals surface area contributed by atoms with Gasteiger partial charge in [0.05, 0.1) is 5.56 Å². The Morgan fingerprint density at radius 3 is 2.38 bits per heavy atom. The monoisotopic (exact) mass is 357 g/mol. The van der Waals surface area contributed by atoms with Crippen molar-refractivity contribution in [1.29, 1.82) is 0 Å². The summed E-state index contributed by atoms with van der Waals surface area (Å²) in [5.41, 5.74) is 0.479. The van der Waals surface area contributed by atoms with Crippen molar-refractivity contribution in [1.82, 2.24) is 14.4 Å². The Morgan fingerprint density at radius 1 is 1.08 bits per heavy atom. The van der Waals surface area contributed by atoms with Gasteiger partial charge in [-0.15, -0.1) is 0 Å². The molecule has 3 rings (SSSR count). The van der Waals surface area contributed by atoms with Gasteiger partial charge in [0, 0.05) is 51.4 Å². The molecule has 0 aliphatic carbocycles. The maximum atomic E-state index is 12.6. The summed E-state index contributed by atoms with van der Waals surface area (Å²) < 4.78 is 6.96. The van der Waals surface area contributed by atoms with Crippen molar-refractivity contribution in [3.05, 3.63) is 57.9 Å². The fraction of sp³-hybridized carbons (Fsp3) is 0.421. The number of rotatable bonds is 4. The van der Waals surface area contributed by atoms with E-state index in [1.54, 1.807) is 41.1 Å². The number of carbonyl (C=O) groups excluding carboxylic acids is 2. The number of aryl methyl sites for hydroxylation is 3. The second-order valence-corrected chi connectivity index (χ2v) is 6.48. The third kappa shape index (κ3) is 3.87. The second kappa shape index (κ2) is 7.59. The minimum Gasteiger partial charge on any atom is -0.466 e.